The van der Waals surface area contributed by atoms with Crippen LogP contribution in [0.5, 0.6) is 0 Å². The molecule has 0 spiro atoms. The second-order valence-corrected chi connectivity index (χ2v) is 22.0. The minimum absolute atomic E-state index is 0.0803. The fourth-order valence-electron chi connectivity index (χ4n) is 9.40. The van der Waals surface area contributed by atoms with Crippen LogP contribution in [0.15, 0.2) is 72.9 Å². The van der Waals surface area contributed by atoms with E-state index in [9.17, 15) is 14.4 Å². The van der Waals surface area contributed by atoms with E-state index in [0.29, 0.717) is 19.3 Å². The number of carbonyl (C=O) groups excluding carboxylic acids is 3. The Hall–Kier alpha value is -3.15. The molecule has 0 saturated heterocycles. The number of unbranched alkanes of at least 4 members (excludes halogenated alkanes) is 37. The third-order valence-electron chi connectivity index (χ3n) is 14.4. The van der Waals surface area contributed by atoms with Gasteiger partial charge in [0.25, 0.3) is 0 Å². The summed E-state index contributed by atoms with van der Waals surface area (Å²) in [6.07, 6.45) is 83.4. The molecule has 0 amide bonds. The van der Waals surface area contributed by atoms with Gasteiger partial charge in [0.15, 0.2) is 6.10 Å². The lowest BCUT2D eigenvalue weighted by atomic mass is 10.0. The van der Waals surface area contributed by atoms with Crippen molar-refractivity contribution in [3.8, 4) is 0 Å². The number of hydrogen-bond donors (Lipinski definition) is 0. The lowest BCUT2D eigenvalue weighted by Crippen LogP contribution is -2.30. The van der Waals surface area contributed by atoms with Crippen molar-refractivity contribution in [2.45, 2.75) is 341 Å². The molecule has 0 aliphatic rings. The Morgan fingerprint density at radius 2 is 0.487 bits per heavy atom. The van der Waals surface area contributed by atoms with E-state index >= 15 is 0 Å². The van der Waals surface area contributed by atoms with Gasteiger partial charge in [-0.05, 0) is 109 Å². The van der Waals surface area contributed by atoms with Gasteiger partial charge in [-0.1, -0.05) is 280 Å². The van der Waals surface area contributed by atoms with Gasteiger partial charge in [0.1, 0.15) is 13.2 Å². The first kappa shape index (κ1) is 72.8. The highest BCUT2D eigenvalue weighted by molar-refractivity contribution is 5.71. The molecule has 0 aliphatic heterocycles. The highest BCUT2D eigenvalue weighted by Gasteiger charge is 2.19. The molecule has 6 heteroatoms. The number of ether oxygens (including phenoxy) is 3. The zero-order valence-electron chi connectivity index (χ0n) is 50.5. The van der Waals surface area contributed by atoms with E-state index in [0.717, 1.165) is 89.9 Å². The molecule has 1 atom stereocenters. The van der Waals surface area contributed by atoms with E-state index in [1.54, 1.807) is 0 Å². The summed E-state index contributed by atoms with van der Waals surface area (Å²) in [5.74, 6) is -0.884. The molecule has 0 aliphatic carbocycles. The molecule has 0 bridgehead atoms. The van der Waals surface area contributed by atoms with Crippen LogP contribution in [-0.2, 0) is 28.6 Å². The summed E-state index contributed by atoms with van der Waals surface area (Å²) in [7, 11) is 0. The van der Waals surface area contributed by atoms with Crippen molar-refractivity contribution in [2.75, 3.05) is 13.2 Å². The molecule has 0 fully saturated rings. The van der Waals surface area contributed by atoms with Crippen LogP contribution in [0.3, 0.4) is 0 Å². The molecule has 76 heavy (non-hydrogen) atoms. The van der Waals surface area contributed by atoms with Gasteiger partial charge in [0, 0.05) is 19.3 Å². The zero-order chi connectivity index (χ0) is 55.0. The smallest absolute Gasteiger partial charge is 0.306 e. The Kier molecular flexibility index (Phi) is 61.7. The van der Waals surface area contributed by atoms with Gasteiger partial charge in [-0.15, -0.1) is 0 Å². The number of carbonyl (C=O) groups is 3. The first-order valence-corrected chi connectivity index (χ1v) is 32.9. The Bertz CT molecular complexity index is 1400. The fraction of sp³-hybridized carbons (Fsp3) is 0.786. The third-order valence-corrected chi connectivity index (χ3v) is 14.4. The normalized spacial score (nSPS) is 12.5. The molecule has 0 rings (SSSR count). The first-order valence-electron chi connectivity index (χ1n) is 32.9. The summed E-state index contributed by atoms with van der Waals surface area (Å²) in [4.78, 5) is 38.3. The molecule has 0 saturated carbocycles. The predicted molar refractivity (Wildman–Crippen MR) is 330 cm³/mol. The Morgan fingerprint density at radius 3 is 0.789 bits per heavy atom. The minimum atomic E-state index is -0.785. The SMILES string of the molecule is CCCC/C=C\C/C=C\CCCCCCCC(=O)OCC(COC(=O)CCCCCCCCCCCCCCC/C=C\C/C=C\CCCCCCC)OC(=O)CCCCCCCCCCC/C=C\C/C=C\CCCCC. The van der Waals surface area contributed by atoms with Crippen LogP contribution >= 0.6 is 0 Å². The second kappa shape index (κ2) is 64.4. The average molecular weight is 1060 g/mol. The Balaban J connectivity index is 4.31. The average Bonchev–Trinajstić information content (AvgIpc) is 3.42. The van der Waals surface area contributed by atoms with Crippen LogP contribution in [0.4, 0.5) is 0 Å². The summed E-state index contributed by atoms with van der Waals surface area (Å²) in [6.45, 7) is 6.59. The number of allylic oxidation sites excluding steroid dienone is 12. The lowest BCUT2D eigenvalue weighted by molar-refractivity contribution is -0.167. The van der Waals surface area contributed by atoms with Gasteiger partial charge < -0.3 is 14.2 Å². The molecule has 0 radical (unpaired) electrons. The predicted octanol–water partition coefficient (Wildman–Crippen LogP) is 22.5. The van der Waals surface area contributed by atoms with Gasteiger partial charge in [0.05, 0.1) is 0 Å². The van der Waals surface area contributed by atoms with Crippen LogP contribution in [0.2, 0.25) is 0 Å². The van der Waals surface area contributed by atoms with Crippen LogP contribution in [0, 0.1) is 0 Å². The monoisotopic (exact) mass is 1060 g/mol. The molecule has 440 valence electrons. The molecule has 1 unspecified atom stereocenters. The highest BCUT2D eigenvalue weighted by Crippen LogP contribution is 2.17. The fourth-order valence-corrected chi connectivity index (χ4v) is 9.40. The second-order valence-electron chi connectivity index (χ2n) is 22.0. The molecular weight excluding hydrogens is 937 g/mol. The topological polar surface area (TPSA) is 78.9 Å². The maximum Gasteiger partial charge on any atom is 0.306 e. The van der Waals surface area contributed by atoms with Crippen LogP contribution in [0.25, 0.3) is 0 Å². The zero-order valence-corrected chi connectivity index (χ0v) is 50.5. The lowest BCUT2D eigenvalue weighted by Gasteiger charge is -2.18. The standard InChI is InChI=1S/C70H124O6/c1-4-7-10-13-16-19-22-25-28-30-32-33-34-35-36-37-39-40-42-45-48-51-54-57-60-63-69(72)75-66-67(65-74-68(71)62-59-56-53-50-47-44-27-24-21-18-15-12-9-6-3)76-70(73)64-61-58-55-52-49-46-43-41-38-31-29-26-23-20-17-14-11-8-5-2/h15,17-18,20,22,24-27,29-30,32,67H,4-14,16,19,21,23,28,31,33-66H2,1-3H3/b18-15-,20-17-,25-22-,27-24-,29-26-,32-30-. The summed E-state index contributed by atoms with van der Waals surface area (Å²) >= 11 is 0. The minimum Gasteiger partial charge on any atom is -0.462 e. The van der Waals surface area contributed by atoms with E-state index < -0.39 is 6.10 Å². The molecule has 6 nitrogen and oxygen atoms in total. The highest BCUT2D eigenvalue weighted by atomic mass is 16.6. The first-order chi connectivity index (χ1) is 37.5. The maximum absolute atomic E-state index is 12.9. The van der Waals surface area contributed by atoms with Crippen molar-refractivity contribution in [1.82, 2.24) is 0 Å². The van der Waals surface area contributed by atoms with Crippen molar-refractivity contribution >= 4 is 17.9 Å². The number of hydrogen-bond acceptors (Lipinski definition) is 6. The van der Waals surface area contributed by atoms with Gasteiger partial charge >= 0.3 is 17.9 Å². The summed E-state index contributed by atoms with van der Waals surface area (Å²) in [5.41, 5.74) is 0. The van der Waals surface area contributed by atoms with Crippen LogP contribution in [0.1, 0.15) is 335 Å². The Labute approximate surface area is 472 Å². The van der Waals surface area contributed by atoms with Gasteiger partial charge in [-0.3, -0.25) is 14.4 Å². The molecule has 0 aromatic heterocycles. The third kappa shape index (κ3) is 61.7. The molecule has 0 aromatic rings. The largest absolute Gasteiger partial charge is 0.462 e. The summed E-state index contributed by atoms with van der Waals surface area (Å²) in [6, 6.07) is 0. The van der Waals surface area contributed by atoms with E-state index in [1.807, 2.05) is 0 Å². The quantitative estimate of drug-likeness (QED) is 0.0261. The van der Waals surface area contributed by atoms with E-state index in [4.69, 9.17) is 14.2 Å². The summed E-state index contributed by atoms with van der Waals surface area (Å²) < 4.78 is 16.9. The van der Waals surface area contributed by atoms with Gasteiger partial charge in [-0.25, -0.2) is 0 Å². The maximum atomic E-state index is 12.9. The van der Waals surface area contributed by atoms with Crippen molar-refractivity contribution < 1.29 is 28.6 Å². The van der Waals surface area contributed by atoms with E-state index in [2.05, 4.69) is 93.7 Å². The van der Waals surface area contributed by atoms with Crippen molar-refractivity contribution in [3.05, 3.63) is 72.9 Å². The number of rotatable bonds is 60. The van der Waals surface area contributed by atoms with E-state index in [1.165, 1.54) is 205 Å². The Morgan fingerprint density at radius 1 is 0.263 bits per heavy atom. The van der Waals surface area contributed by atoms with Gasteiger partial charge in [0.2, 0.25) is 0 Å². The molecular formula is C70H124O6. The molecule has 0 aromatic carbocycles. The molecule has 0 N–H and O–H groups in total. The van der Waals surface area contributed by atoms with Crippen molar-refractivity contribution in [1.29, 1.82) is 0 Å². The van der Waals surface area contributed by atoms with Crippen molar-refractivity contribution in [2.24, 2.45) is 0 Å². The van der Waals surface area contributed by atoms with Crippen molar-refractivity contribution in [3.63, 3.8) is 0 Å². The van der Waals surface area contributed by atoms with Crippen LogP contribution < -0.4 is 0 Å². The van der Waals surface area contributed by atoms with Crippen LogP contribution in [-0.4, -0.2) is 37.2 Å². The number of esters is 3. The van der Waals surface area contributed by atoms with Gasteiger partial charge in [-0.2, -0.15) is 0 Å². The summed E-state index contributed by atoms with van der Waals surface area (Å²) in [5, 5.41) is 0. The molecule has 0 heterocycles. The van der Waals surface area contributed by atoms with E-state index in [-0.39, 0.29) is 31.1 Å².